The first-order valence-electron chi connectivity index (χ1n) is 6.58. The highest BCUT2D eigenvalue weighted by Gasteiger charge is 2.26. The Labute approximate surface area is 121 Å². The zero-order valence-electron chi connectivity index (χ0n) is 11.4. The lowest BCUT2D eigenvalue weighted by atomic mass is 10.2. The Morgan fingerprint density at radius 3 is 2.86 bits per heavy atom. The molecule has 1 aromatic carbocycles. The van der Waals surface area contributed by atoms with Gasteiger partial charge in [0.25, 0.3) is 5.91 Å². The largest absolute Gasteiger partial charge is 0.482 e. The van der Waals surface area contributed by atoms with Crippen molar-refractivity contribution in [2.45, 2.75) is 12.8 Å². The number of fused-ring (bicyclic) bond motifs is 1. The molecule has 1 heterocycles. The van der Waals surface area contributed by atoms with E-state index in [2.05, 4.69) is 5.32 Å². The number of carbonyl (C=O) groups is 3. The second-order valence-corrected chi connectivity index (χ2v) is 4.58. The number of ether oxygens (including phenoxy) is 1. The van der Waals surface area contributed by atoms with Crippen LogP contribution < -0.4 is 15.0 Å². The Morgan fingerprint density at radius 2 is 2.10 bits per heavy atom. The lowest BCUT2D eigenvalue weighted by molar-refractivity contribution is -0.137. The summed E-state index contributed by atoms with van der Waals surface area (Å²) in [6, 6.07) is 7.00. The van der Waals surface area contributed by atoms with Gasteiger partial charge >= 0.3 is 5.97 Å². The fourth-order valence-electron chi connectivity index (χ4n) is 1.99. The Kier molecular flexibility index (Phi) is 4.76. The summed E-state index contributed by atoms with van der Waals surface area (Å²) in [5, 5.41) is 11.1. The number of benzene rings is 1. The Balaban J connectivity index is 1.91. The SMILES string of the molecule is O=C(O)CCCNC(=O)CN1C(=O)COc2ccccc21. The normalized spacial score (nSPS) is 13.3. The van der Waals surface area contributed by atoms with E-state index in [1.165, 1.54) is 4.90 Å². The molecule has 2 N–H and O–H groups in total. The molecule has 2 amide bonds. The first kappa shape index (κ1) is 14.8. The minimum atomic E-state index is -0.901. The Bertz CT molecular complexity index is 558. The fraction of sp³-hybridized carbons (Fsp3) is 0.357. The van der Waals surface area contributed by atoms with Crippen molar-refractivity contribution in [1.29, 1.82) is 0 Å². The topological polar surface area (TPSA) is 95.9 Å². The standard InChI is InChI=1S/C14H16N2O5/c17-12(15-7-3-6-14(19)20)8-16-10-4-1-2-5-11(10)21-9-13(16)18/h1-2,4-5H,3,6-9H2,(H,15,17)(H,19,20). The number of rotatable bonds is 6. The van der Waals surface area contributed by atoms with Crippen LogP contribution in [0.1, 0.15) is 12.8 Å². The molecule has 2 rings (SSSR count). The second kappa shape index (κ2) is 6.74. The summed E-state index contributed by atoms with van der Waals surface area (Å²) in [6.07, 6.45) is 0.355. The molecule has 0 bridgehead atoms. The van der Waals surface area contributed by atoms with E-state index in [9.17, 15) is 14.4 Å². The summed E-state index contributed by atoms with van der Waals surface area (Å²) < 4.78 is 5.28. The van der Waals surface area contributed by atoms with Crippen LogP contribution in [0.5, 0.6) is 5.75 Å². The van der Waals surface area contributed by atoms with Crippen LogP contribution in [0.2, 0.25) is 0 Å². The summed E-state index contributed by atoms with van der Waals surface area (Å²) in [6.45, 7) is 0.0703. The predicted octanol–water partition coefficient (Wildman–Crippen LogP) is 0.393. The molecular formula is C14H16N2O5. The number of hydrogen-bond donors (Lipinski definition) is 2. The molecule has 7 heteroatoms. The average molecular weight is 292 g/mol. The molecule has 1 aliphatic heterocycles. The number of anilines is 1. The highest BCUT2D eigenvalue weighted by molar-refractivity contribution is 6.02. The van der Waals surface area contributed by atoms with Crippen molar-refractivity contribution in [2.75, 3.05) is 24.6 Å². The van der Waals surface area contributed by atoms with E-state index in [4.69, 9.17) is 9.84 Å². The van der Waals surface area contributed by atoms with Crippen molar-refractivity contribution in [3.63, 3.8) is 0 Å². The van der Waals surface area contributed by atoms with E-state index in [0.717, 1.165) is 0 Å². The molecule has 0 spiro atoms. The maximum atomic E-state index is 11.9. The van der Waals surface area contributed by atoms with Gasteiger partial charge in [-0.15, -0.1) is 0 Å². The van der Waals surface area contributed by atoms with Gasteiger partial charge in [-0.3, -0.25) is 19.3 Å². The van der Waals surface area contributed by atoms with Crippen molar-refractivity contribution in [3.05, 3.63) is 24.3 Å². The number of nitrogens with one attached hydrogen (secondary N) is 1. The lowest BCUT2D eigenvalue weighted by Crippen LogP contribution is -2.45. The van der Waals surface area contributed by atoms with Crippen LogP contribution in [0.3, 0.4) is 0 Å². The van der Waals surface area contributed by atoms with Crippen molar-refractivity contribution < 1.29 is 24.2 Å². The second-order valence-electron chi connectivity index (χ2n) is 4.58. The van der Waals surface area contributed by atoms with Crippen molar-refractivity contribution in [1.82, 2.24) is 5.32 Å². The number of carboxylic acids is 1. The third-order valence-electron chi connectivity index (χ3n) is 3.00. The van der Waals surface area contributed by atoms with Crippen LogP contribution in [0, 0.1) is 0 Å². The highest BCUT2D eigenvalue weighted by atomic mass is 16.5. The van der Waals surface area contributed by atoms with Gasteiger partial charge in [-0.05, 0) is 18.6 Å². The van der Waals surface area contributed by atoms with Gasteiger partial charge in [0.15, 0.2) is 6.61 Å². The summed E-state index contributed by atoms with van der Waals surface area (Å²) in [5.74, 6) is -0.947. The first-order chi connectivity index (χ1) is 10.1. The zero-order chi connectivity index (χ0) is 15.2. The molecule has 0 atom stereocenters. The zero-order valence-corrected chi connectivity index (χ0v) is 11.4. The van der Waals surface area contributed by atoms with E-state index < -0.39 is 5.97 Å². The van der Waals surface area contributed by atoms with E-state index in [1.807, 2.05) is 0 Å². The molecular weight excluding hydrogens is 276 g/mol. The first-order valence-corrected chi connectivity index (χ1v) is 6.58. The molecule has 0 radical (unpaired) electrons. The quantitative estimate of drug-likeness (QED) is 0.740. The monoisotopic (exact) mass is 292 g/mol. The maximum Gasteiger partial charge on any atom is 0.303 e. The van der Waals surface area contributed by atoms with Crippen molar-refractivity contribution >= 4 is 23.5 Å². The number of carbonyl (C=O) groups excluding carboxylic acids is 2. The van der Waals surface area contributed by atoms with Gasteiger partial charge in [0.05, 0.1) is 5.69 Å². The van der Waals surface area contributed by atoms with Gasteiger partial charge < -0.3 is 15.2 Å². The Hall–Kier alpha value is -2.57. The third kappa shape index (κ3) is 3.95. The van der Waals surface area contributed by atoms with Gasteiger partial charge in [0, 0.05) is 13.0 Å². The van der Waals surface area contributed by atoms with Crippen LogP contribution in [0.25, 0.3) is 0 Å². The molecule has 1 aliphatic rings. The van der Waals surface area contributed by atoms with Crippen LogP contribution in [-0.4, -0.2) is 42.6 Å². The van der Waals surface area contributed by atoms with Crippen LogP contribution in [0.15, 0.2) is 24.3 Å². The van der Waals surface area contributed by atoms with Crippen LogP contribution in [-0.2, 0) is 14.4 Å². The fourth-order valence-corrected chi connectivity index (χ4v) is 1.99. The highest BCUT2D eigenvalue weighted by Crippen LogP contribution is 2.30. The van der Waals surface area contributed by atoms with E-state index in [0.29, 0.717) is 17.9 Å². The maximum absolute atomic E-state index is 11.9. The van der Waals surface area contributed by atoms with Gasteiger partial charge in [0.1, 0.15) is 12.3 Å². The van der Waals surface area contributed by atoms with E-state index in [-0.39, 0.29) is 37.9 Å². The number of para-hydroxylation sites is 2. The average Bonchev–Trinajstić information content (AvgIpc) is 2.46. The van der Waals surface area contributed by atoms with Gasteiger partial charge in [-0.2, -0.15) is 0 Å². The minimum Gasteiger partial charge on any atom is -0.482 e. The molecule has 0 saturated heterocycles. The van der Waals surface area contributed by atoms with E-state index in [1.54, 1.807) is 24.3 Å². The van der Waals surface area contributed by atoms with Gasteiger partial charge in [-0.1, -0.05) is 12.1 Å². The van der Waals surface area contributed by atoms with Crippen molar-refractivity contribution in [2.24, 2.45) is 0 Å². The summed E-state index contributed by atoms with van der Waals surface area (Å²) in [4.78, 5) is 35.4. The minimum absolute atomic E-state index is 0.000399. The summed E-state index contributed by atoms with van der Waals surface area (Å²) in [5.41, 5.74) is 0.564. The number of carboxylic acid groups (broad SMARTS) is 1. The molecule has 112 valence electrons. The predicted molar refractivity (Wildman–Crippen MR) is 74.2 cm³/mol. The van der Waals surface area contributed by atoms with Crippen LogP contribution >= 0.6 is 0 Å². The van der Waals surface area contributed by atoms with Gasteiger partial charge in [-0.25, -0.2) is 0 Å². The molecule has 7 nitrogen and oxygen atoms in total. The number of hydrogen-bond acceptors (Lipinski definition) is 4. The number of aliphatic carboxylic acids is 1. The molecule has 0 aromatic heterocycles. The van der Waals surface area contributed by atoms with E-state index >= 15 is 0 Å². The Morgan fingerprint density at radius 1 is 1.33 bits per heavy atom. The molecule has 0 aliphatic carbocycles. The molecule has 0 fully saturated rings. The van der Waals surface area contributed by atoms with Gasteiger partial charge in [0.2, 0.25) is 5.91 Å². The third-order valence-corrected chi connectivity index (χ3v) is 3.00. The lowest BCUT2D eigenvalue weighted by Gasteiger charge is -2.28. The van der Waals surface area contributed by atoms with Crippen molar-refractivity contribution in [3.8, 4) is 5.75 Å². The smallest absolute Gasteiger partial charge is 0.303 e. The summed E-state index contributed by atoms with van der Waals surface area (Å²) >= 11 is 0. The molecule has 0 saturated carbocycles. The number of amides is 2. The molecule has 1 aromatic rings. The number of nitrogens with zero attached hydrogens (tertiary/aromatic N) is 1. The molecule has 0 unspecified atom stereocenters. The molecule has 21 heavy (non-hydrogen) atoms. The van der Waals surface area contributed by atoms with Crippen LogP contribution in [0.4, 0.5) is 5.69 Å². The summed E-state index contributed by atoms with van der Waals surface area (Å²) in [7, 11) is 0.